The lowest BCUT2D eigenvalue weighted by atomic mass is 10.3. The van der Waals surface area contributed by atoms with Gasteiger partial charge in [-0.05, 0) is 6.42 Å². The Morgan fingerprint density at radius 1 is 1.29 bits per heavy atom. The highest BCUT2D eigenvalue weighted by Gasteiger charge is 2.05. The SMILES string of the molecule is CCCCN1C=CN(C)C1.OB(O)O. The molecule has 14 heavy (non-hydrogen) atoms. The first-order chi connectivity index (χ1) is 6.56. The summed E-state index contributed by atoms with van der Waals surface area (Å²) in [5.74, 6) is 0. The Morgan fingerprint density at radius 2 is 1.86 bits per heavy atom. The first-order valence-electron chi connectivity index (χ1n) is 4.73. The van der Waals surface area contributed by atoms with Gasteiger partial charge in [0.25, 0.3) is 0 Å². The van der Waals surface area contributed by atoms with Crippen LogP contribution in [0.25, 0.3) is 0 Å². The third-order valence-electron chi connectivity index (χ3n) is 1.74. The van der Waals surface area contributed by atoms with E-state index in [4.69, 9.17) is 15.1 Å². The molecule has 1 aliphatic heterocycles. The third-order valence-corrected chi connectivity index (χ3v) is 1.74. The van der Waals surface area contributed by atoms with Crippen molar-refractivity contribution in [1.82, 2.24) is 9.80 Å². The lowest BCUT2D eigenvalue weighted by Gasteiger charge is -2.17. The van der Waals surface area contributed by atoms with Crippen LogP contribution in [0.5, 0.6) is 0 Å². The Kier molecular flexibility index (Phi) is 7.28. The summed E-state index contributed by atoms with van der Waals surface area (Å²) in [6.07, 6.45) is 6.87. The maximum absolute atomic E-state index is 7.17. The van der Waals surface area contributed by atoms with E-state index in [1.165, 1.54) is 19.4 Å². The van der Waals surface area contributed by atoms with Crippen LogP contribution in [-0.2, 0) is 0 Å². The molecule has 0 saturated carbocycles. The van der Waals surface area contributed by atoms with Crippen molar-refractivity contribution in [3.05, 3.63) is 12.4 Å². The van der Waals surface area contributed by atoms with Crippen LogP contribution in [0.3, 0.4) is 0 Å². The minimum atomic E-state index is -2.17. The molecule has 82 valence electrons. The summed E-state index contributed by atoms with van der Waals surface area (Å²) in [4.78, 5) is 4.53. The Morgan fingerprint density at radius 3 is 2.21 bits per heavy atom. The fourth-order valence-corrected chi connectivity index (χ4v) is 1.10. The van der Waals surface area contributed by atoms with Crippen molar-refractivity contribution in [3.8, 4) is 0 Å². The van der Waals surface area contributed by atoms with Crippen molar-refractivity contribution >= 4 is 7.32 Å². The molecular weight excluding hydrogens is 183 g/mol. The standard InChI is InChI=1S/C8H16N2.BH3O3/c1-3-4-5-10-7-6-9(2)8-10;2-1(3)4/h6-7H,3-5,8H2,1-2H3;2-4H. The highest BCUT2D eigenvalue weighted by molar-refractivity contribution is 6.30. The molecule has 0 fully saturated rings. The van der Waals surface area contributed by atoms with Crippen LogP contribution in [0.4, 0.5) is 0 Å². The van der Waals surface area contributed by atoms with E-state index in [2.05, 4.69) is 36.2 Å². The third kappa shape index (κ3) is 7.91. The largest absolute Gasteiger partial charge is 0.631 e. The van der Waals surface area contributed by atoms with Gasteiger partial charge in [0, 0.05) is 26.0 Å². The Hall–Kier alpha value is -0.715. The number of nitrogens with zero attached hydrogens (tertiary/aromatic N) is 2. The molecule has 1 rings (SSSR count). The minimum absolute atomic E-state index is 1.07. The second kappa shape index (κ2) is 7.67. The van der Waals surface area contributed by atoms with Gasteiger partial charge in [0.2, 0.25) is 0 Å². The zero-order valence-electron chi connectivity index (χ0n) is 8.80. The van der Waals surface area contributed by atoms with Gasteiger partial charge in [-0.15, -0.1) is 0 Å². The van der Waals surface area contributed by atoms with Crippen LogP contribution in [0.15, 0.2) is 12.4 Å². The van der Waals surface area contributed by atoms with E-state index in [-0.39, 0.29) is 0 Å². The van der Waals surface area contributed by atoms with Crippen molar-refractivity contribution in [2.45, 2.75) is 19.8 Å². The monoisotopic (exact) mass is 202 g/mol. The molecule has 0 radical (unpaired) electrons. The van der Waals surface area contributed by atoms with E-state index in [0.717, 1.165) is 6.67 Å². The molecule has 0 atom stereocenters. The maximum Gasteiger partial charge on any atom is 0.631 e. The minimum Gasteiger partial charge on any atom is -0.402 e. The summed E-state index contributed by atoms with van der Waals surface area (Å²) in [6.45, 7) is 4.50. The molecule has 0 aliphatic carbocycles. The van der Waals surface area contributed by atoms with Crippen LogP contribution in [0.2, 0.25) is 0 Å². The molecule has 0 spiro atoms. The summed E-state index contributed by atoms with van der Waals surface area (Å²) >= 11 is 0. The average Bonchev–Trinajstić information content (AvgIpc) is 2.47. The fraction of sp³-hybridized carbons (Fsp3) is 0.750. The predicted molar refractivity (Wildman–Crippen MR) is 55.8 cm³/mol. The van der Waals surface area contributed by atoms with E-state index in [9.17, 15) is 0 Å². The molecule has 0 amide bonds. The second-order valence-corrected chi connectivity index (χ2v) is 3.21. The van der Waals surface area contributed by atoms with Gasteiger partial charge in [-0.3, -0.25) is 0 Å². The quantitative estimate of drug-likeness (QED) is 0.534. The van der Waals surface area contributed by atoms with E-state index in [1.807, 2.05) is 0 Å². The van der Waals surface area contributed by atoms with Gasteiger partial charge in [0.15, 0.2) is 0 Å². The van der Waals surface area contributed by atoms with Gasteiger partial charge >= 0.3 is 7.32 Å². The second-order valence-electron chi connectivity index (χ2n) is 3.21. The summed E-state index contributed by atoms with van der Waals surface area (Å²) in [5.41, 5.74) is 0. The van der Waals surface area contributed by atoms with Crippen LogP contribution in [0, 0.1) is 0 Å². The smallest absolute Gasteiger partial charge is 0.402 e. The molecule has 0 unspecified atom stereocenters. The first kappa shape index (κ1) is 13.3. The molecule has 1 aliphatic rings. The summed E-state index contributed by atoms with van der Waals surface area (Å²) in [5, 5.41) is 21.5. The molecule has 5 nitrogen and oxygen atoms in total. The lowest BCUT2D eigenvalue weighted by molar-refractivity contribution is 0.278. The summed E-state index contributed by atoms with van der Waals surface area (Å²) < 4.78 is 0. The number of hydrogen-bond acceptors (Lipinski definition) is 5. The number of hydrogen-bond donors (Lipinski definition) is 3. The molecule has 6 heteroatoms. The predicted octanol–water partition coefficient (Wildman–Crippen LogP) is -0.589. The van der Waals surface area contributed by atoms with Crippen molar-refractivity contribution in [2.24, 2.45) is 0 Å². The topological polar surface area (TPSA) is 67.2 Å². The van der Waals surface area contributed by atoms with E-state index in [1.54, 1.807) is 0 Å². The summed E-state index contributed by atoms with van der Waals surface area (Å²) in [6, 6.07) is 0. The van der Waals surface area contributed by atoms with E-state index < -0.39 is 7.32 Å². The molecular formula is C8H19BN2O3. The fourth-order valence-electron chi connectivity index (χ4n) is 1.10. The van der Waals surface area contributed by atoms with Crippen LogP contribution >= 0.6 is 0 Å². The lowest BCUT2D eigenvalue weighted by Crippen LogP contribution is -2.23. The van der Waals surface area contributed by atoms with E-state index >= 15 is 0 Å². The number of rotatable bonds is 3. The molecule has 0 saturated heterocycles. The van der Waals surface area contributed by atoms with Gasteiger partial charge in [-0.2, -0.15) is 0 Å². The van der Waals surface area contributed by atoms with Crippen molar-refractivity contribution in [1.29, 1.82) is 0 Å². The molecule has 1 heterocycles. The maximum atomic E-state index is 7.17. The van der Waals surface area contributed by atoms with Gasteiger partial charge in [0.05, 0.1) is 6.67 Å². The van der Waals surface area contributed by atoms with Crippen molar-refractivity contribution in [3.63, 3.8) is 0 Å². The number of unbranched alkanes of at least 4 members (excludes halogenated alkanes) is 1. The van der Waals surface area contributed by atoms with E-state index in [0.29, 0.717) is 0 Å². The molecule has 3 N–H and O–H groups in total. The highest BCUT2D eigenvalue weighted by Crippen LogP contribution is 2.04. The Bertz CT molecular complexity index is 164. The average molecular weight is 202 g/mol. The Labute approximate surface area is 85.4 Å². The van der Waals surface area contributed by atoms with Crippen LogP contribution in [0.1, 0.15) is 19.8 Å². The highest BCUT2D eigenvalue weighted by atomic mass is 16.5. The molecule has 0 aromatic rings. The van der Waals surface area contributed by atoms with Gasteiger partial charge in [-0.1, -0.05) is 13.3 Å². The summed E-state index contributed by atoms with van der Waals surface area (Å²) in [7, 11) is -0.0670. The van der Waals surface area contributed by atoms with Gasteiger partial charge in [-0.25, -0.2) is 0 Å². The zero-order chi connectivity index (χ0) is 11.0. The van der Waals surface area contributed by atoms with Crippen LogP contribution < -0.4 is 0 Å². The Balaban J connectivity index is 0.000000364. The van der Waals surface area contributed by atoms with Gasteiger partial charge < -0.3 is 24.9 Å². The van der Waals surface area contributed by atoms with Crippen molar-refractivity contribution < 1.29 is 15.1 Å². The van der Waals surface area contributed by atoms with Gasteiger partial charge in [0.1, 0.15) is 0 Å². The molecule has 0 aromatic heterocycles. The molecule has 0 aromatic carbocycles. The first-order valence-corrected chi connectivity index (χ1v) is 4.73. The normalized spacial score (nSPS) is 14.1. The van der Waals surface area contributed by atoms with Crippen LogP contribution in [-0.4, -0.2) is 52.5 Å². The zero-order valence-corrected chi connectivity index (χ0v) is 8.80. The molecule has 0 bridgehead atoms. The van der Waals surface area contributed by atoms with Crippen molar-refractivity contribution in [2.75, 3.05) is 20.3 Å².